The molecule has 0 fully saturated rings. The fourth-order valence-electron chi connectivity index (χ4n) is 2.48. The average molecular weight is 316 g/mol. The summed E-state index contributed by atoms with van der Waals surface area (Å²) in [5, 5.41) is 4.98. The maximum atomic E-state index is 6.23. The SMILES string of the molecule is CCCCCCCCC(Cc1cc(Cl)ccc1Cl)NC. The second kappa shape index (κ2) is 10.5. The van der Waals surface area contributed by atoms with Crippen molar-refractivity contribution in [2.24, 2.45) is 0 Å². The molecule has 0 bridgehead atoms. The van der Waals surface area contributed by atoms with Gasteiger partial charge in [-0.2, -0.15) is 0 Å². The largest absolute Gasteiger partial charge is 0.317 e. The summed E-state index contributed by atoms with van der Waals surface area (Å²) in [7, 11) is 2.03. The van der Waals surface area contributed by atoms with Gasteiger partial charge in [-0.1, -0.05) is 68.7 Å². The molecule has 1 N–H and O–H groups in total. The molecule has 1 nitrogen and oxygen atoms in total. The van der Waals surface area contributed by atoms with Gasteiger partial charge in [-0.15, -0.1) is 0 Å². The zero-order valence-corrected chi connectivity index (χ0v) is 14.2. The van der Waals surface area contributed by atoms with Crippen LogP contribution >= 0.6 is 23.2 Å². The van der Waals surface area contributed by atoms with Gasteiger partial charge in [0.1, 0.15) is 0 Å². The predicted octanol–water partition coefficient (Wildman–Crippen LogP) is 5.87. The maximum Gasteiger partial charge on any atom is 0.0439 e. The summed E-state index contributed by atoms with van der Waals surface area (Å²) < 4.78 is 0. The van der Waals surface area contributed by atoms with E-state index < -0.39 is 0 Å². The molecule has 0 heterocycles. The molecule has 1 unspecified atom stereocenters. The summed E-state index contributed by atoms with van der Waals surface area (Å²) in [5.41, 5.74) is 1.14. The Morgan fingerprint density at radius 3 is 2.45 bits per heavy atom. The molecule has 0 saturated carbocycles. The zero-order valence-electron chi connectivity index (χ0n) is 12.7. The van der Waals surface area contributed by atoms with Crippen molar-refractivity contribution in [1.82, 2.24) is 5.32 Å². The van der Waals surface area contributed by atoms with Crippen molar-refractivity contribution >= 4 is 23.2 Å². The minimum absolute atomic E-state index is 0.483. The third kappa shape index (κ3) is 6.97. The number of halogens is 2. The van der Waals surface area contributed by atoms with Crippen molar-refractivity contribution < 1.29 is 0 Å². The Balaban J connectivity index is 2.33. The lowest BCUT2D eigenvalue weighted by molar-refractivity contribution is 0.480. The minimum Gasteiger partial charge on any atom is -0.317 e. The van der Waals surface area contributed by atoms with Gasteiger partial charge in [-0.3, -0.25) is 0 Å². The van der Waals surface area contributed by atoms with E-state index in [1.807, 2.05) is 25.2 Å². The van der Waals surface area contributed by atoms with Crippen LogP contribution in [0.3, 0.4) is 0 Å². The van der Waals surface area contributed by atoms with Crippen molar-refractivity contribution in [3.63, 3.8) is 0 Å². The van der Waals surface area contributed by atoms with E-state index in [0.29, 0.717) is 6.04 Å². The summed E-state index contributed by atoms with van der Waals surface area (Å²) in [4.78, 5) is 0. The van der Waals surface area contributed by atoms with Crippen molar-refractivity contribution in [3.05, 3.63) is 33.8 Å². The quantitative estimate of drug-likeness (QED) is 0.532. The summed E-state index contributed by atoms with van der Waals surface area (Å²) >= 11 is 12.3. The van der Waals surface area contributed by atoms with Crippen LogP contribution in [0.15, 0.2) is 18.2 Å². The van der Waals surface area contributed by atoms with Gasteiger partial charge in [0, 0.05) is 16.1 Å². The lowest BCUT2D eigenvalue weighted by Crippen LogP contribution is -2.27. The predicted molar refractivity (Wildman–Crippen MR) is 91.0 cm³/mol. The Bertz CT molecular complexity index is 379. The van der Waals surface area contributed by atoms with Gasteiger partial charge in [-0.25, -0.2) is 0 Å². The average Bonchev–Trinajstić information content (AvgIpc) is 2.45. The highest BCUT2D eigenvalue weighted by Crippen LogP contribution is 2.23. The normalized spacial score (nSPS) is 12.6. The molecule has 0 aliphatic heterocycles. The Hall–Kier alpha value is -0.240. The summed E-state index contributed by atoms with van der Waals surface area (Å²) in [6.07, 6.45) is 10.2. The van der Waals surface area contributed by atoms with Gasteiger partial charge in [0.15, 0.2) is 0 Å². The zero-order chi connectivity index (χ0) is 14.8. The fourth-order valence-corrected chi connectivity index (χ4v) is 2.87. The van der Waals surface area contributed by atoms with Gasteiger partial charge >= 0.3 is 0 Å². The van der Waals surface area contributed by atoms with Crippen LogP contribution in [0.1, 0.15) is 57.4 Å². The molecule has 1 aromatic carbocycles. The van der Waals surface area contributed by atoms with Crippen LogP contribution in [0.4, 0.5) is 0 Å². The molecule has 0 radical (unpaired) electrons. The highest BCUT2D eigenvalue weighted by atomic mass is 35.5. The number of likely N-dealkylation sites (N-methyl/N-ethyl adjacent to an activating group) is 1. The van der Waals surface area contributed by atoms with E-state index in [-0.39, 0.29) is 0 Å². The van der Waals surface area contributed by atoms with Crippen molar-refractivity contribution in [2.45, 2.75) is 64.3 Å². The molecular weight excluding hydrogens is 289 g/mol. The van der Waals surface area contributed by atoms with E-state index in [2.05, 4.69) is 12.2 Å². The first-order valence-corrected chi connectivity index (χ1v) is 8.54. The Morgan fingerprint density at radius 1 is 1.05 bits per heavy atom. The van der Waals surface area contributed by atoms with Gasteiger partial charge < -0.3 is 5.32 Å². The van der Waals surface area contributed by atoms with Gasteiger partial charge in [-0.05, 0) is 43.7 Å². The first kappa shape index (κ1) is 17.8. The van der Waals surface area contributed by atoms with E-state index in [4.69, 9.17) is 23.2 Å². The molecule has 0 saturated heterocycles. The molecule has 114 valence electrons. The Labute approximate surface area is 134 Å². The number of hydrogen-bond acceptors (Lipinski definition) is 1. The standard InChI is InChI=1S/C17H27Cl2N/c1-3-4-5-6-7-8-9-16(20-2)13-14-12-15(18)10-11-17(14)19/h10-12,16,20H,3-9,13H2,1-2H3. The number of nitrogens with one attached hydrogen (secondary N) is 1. The molecule has 1 atom stereocenters. The molecule has 0 amide bonds. The summed E-state index contributed by atoms with van der Waals surface area (Å²) in [6.45, 7) is 2.26. The van der Waals surface area contributed by atoms with Crippen LogP contribution in [-0.4, -0.2) is 13.1 Å². The highest BCUT2D eigenvalue weighted by Gasteiger charge is 2.10. The first-order valence-electron chi connectivity index (χ1n) is 7.78. The van der Waals surface area contributed by atoms with Crippen molar-refractivity contribution in [1.29, 1.82) is 0 Å². The van der Waals surface area contributed by atoms with Crippen molar-refractivity contribution in [2.75, 3.05) is 7.05 Å². The Kier molecular flexibility index (Phi) is 9.33. The molecule has 20 heavy (non-hydrogen) atoms. The van der Waals surface area contributed by atoms with E-state index in [1.165, 1.54) is 44.9 Å². The molecular formula is C17H27Cl2N. The van der Waals surface area contributed by atoms with Gasteiger partial charge in [0.05, 0.1) is 0 Å². The van der Waals surface area contributed by atoms with Crippen LogP contribution in [0.5, 0.6) is 0 Å². The molecule has 0 spiro atoms. The second-order valence-corrected chi connectivity index (χ2v) is 6.33. The monoisotopic (exact) mass is 315 g/mol. The van der Waals surface area contributed by atoms with Crippen LogP contribution in [-0.2, 0) is 6.42 Å². The van der Waals surface area contributed by atoms with Crippen LogP contribution in [0.25, 0.3) is 0 Å². The molecule has 1 aromatic rings. The number of unbranched alkanes of at least 4 members (excludes halogenated alkanes) is 5. The molecule has 0 aliphatic carbocycles. The minimum atomic E-state index is 0.483. The molecule has 3 heteroatoms. The molecule has 0 aliphatic rings. The maximum absolute atomic E-state index is 6.23. The smallest absolute Gasteiger partial charge is 0.0439 e. The Morgan fingerprint density at radius 2 is 1.75 bits per heavy atom. The third-order valence-electron chi connectivity index (χ3n) is 3.79. The number of rotatable bonds is 10. The highest BCUT2D eigenvalue weighted by molar-refractivity contribution is 6.33. The van der Waals surface area contributed by atoms with Gasteiger partial charge in [0.2, 0.25) is 0 Å². The van der Waals surface area contributed by atoms with Crippen molar-refractivity contribution in [3.8, 4) is 0 Å². The van der Waals surface area contributed by atoms with Crippen LogP contribution in [0, 0.1) is 0 Å². The fraction of sp³-hybridized carbons (Fsp3) is 0.647. The van der Waals surface area contributed by atoms with Gasteiger partial charge in [0.25, 0.3) is 0 Å². The van der Waals surface area contributed by atoms with E-state index in [1.54, 1.807) is 0 Å². The molecule has 1 rings (SSSR count). The van der Waals surface area contributed by atoms with E-state index in [0.717, 1.165) is 22.0 Å². The molecule has 0 aromatic heterocycles. The lowest BCUT2D eigenvalue weighted by atomic mass is 9.99. The lowest BCUT2D eigenvalue weighted by Gasteiger charge is -2.17. The number of benzene rings is 1. The van der Waals surface area contributed by atoms with Crippen LogP contribution in [0.2, 0.25) is 10.0 Å². The summed E-state index contributed by atoms with van der Waals surface area (Å²) in [6, 6.07) is 6.19. The first-order chi connectivity index (χ1) is 9.67. The summed E-state index contributed by atoms with van der Waals surface area (Å²) in [5.74, 6) is 0. The second-order valence-electron chi connectivity index (χ2n) is 5.48. The topological polar surface area (TPSA) is 12.0 Å². The van der Waals surface area contributed by atoms with E-state index >= 15 is 0 Å². The van der Waals surface area contributed by atoms with E-state index in [9.17, 15) is 0 Å². The number of hydrogen-bond donors (Lipinski definition) is 1. The van der Waals surface area contributed by atoms with Crippen LogP contribution < -0.4 is 5.32 Å². The third-order valence-corrected chi connectivity index (χ3v) is 4.39.